The van der Waals surface area contributed by atoms with E-state index in [1.165, 1.54) is 0 Å². The molecule has 104 valence electrons. The van der Waals surface area contributed by atoms with Crippen LogP contribution in [-0.2, 0) is 0 Å². The summed E-state index contributed by atoms with van der Waals surface area (Å²) >= 11 is 0. The van der Waals surface area contributed by atoms with E-state index in [0.29, 0.717) is 5.69 Å². The molecule has 1 fully saturated rings. The fraction of sp³-hybridized carbons (Fsp3) is 0.333. The SMILES string of the molecule is O=C(N[C@H]1CCC[C@@H]1Oc1ccccc1)c1ccn[nH]1. The molecule has 1 saturated carbocycles. The third-order valence-corrected chi connectivity index (χ3v) is 3.55. The van der Waals surface area contributed by atoms with Gasteiger partial charge in [0.15, 0.2) is 0 Å². The monoisotopic (exact) mass is 271 g/mol. The minimum absolute atomic E-state index is 0.0317. The van der Waals surface area contributed by atoms with E-state index in [0.717, 1.165) is 25.0 Å². The number of nitrogens with zero attached hydrogens (tertiary/aromatic N) is 1. The van der Waals surface area contributed by atoms with Crippen LogP contribution in [0.2, 0.25) is 0 Å². The number of carbonyl (C=O) groups excluding carboxylic acids is 1. The van der Waals surface area contributed by atoms with Gasteiger partial charge in [-0.2, -0.15) is 5.10 Å². The molecule has 0 radical (unpaired) electrons. The number of amides is 1. The van der Waals surface area contributed by atoms with E-state index in [1.807, 2.05) is 30.3 Å². The summed E-state index contributed by atoms with van der Waals surface area (Å²) in [6, 6.07) is 11.4. The van der Waals surface area contributed by atoms with Crippen LogP contribution in [-0.4, -0.2) is 28.3 Å². The molecule has 2 N–H and O–H groups in total. The van der Waals surface area contributed by atoms with E-state index in [9.17, 15) is 4.79 Å². The van der Waals surface area contributed by atoms with Crippen LogP contribution < -0.4 is 10.1 Å². The van der Waals surface area contributed by atoms with Gasteiger partial charge < -0.3 is 10.1 Å². The number of nitrogens with one attached hydrogen (secondary N) is 2. The van der Waals surface area contributed by atoms with Crippen LogP contribution in [0.1, 0.15) is 29.8 Å². The maximum absolute atomic E-state index is 12.0. The molecular weight excluding hydrogens is 254 g/mol. The zero-order valence-electron chi connectivity index (χ0n) is 11.1. The van der Waals surface area contributed by atoms with Gasteiger partial charge in [0, 0.05) is 6.20 Å². The van der Waals surface area contributed by atoms with Crippen molar-refractivity contribution < 1.29 is 9.53 Å². The lowest BCUT2D eigenvalue weighted by Gasteiger charge is -2.22. The highest BCUT2D eigenvalue weighted by Gasteiger charge is 2.30. The molecule has 1 heterocycles. The van der Waals surface area contributed by atoms with Crippen molar-refractivity contribution in [3.05, 3.63) is 48.3 Å². The van der Waals surface area contributed by atoms with Crippen molar-refractivity contribution >= 4 is 5.91 Å². The van der Waals surface area contributed by atoms with Gasteiger partial charge in [0.1, 0.15) is 17.5 Å². The Balaban J connectivity index is 1.62. The van der Waals surface area contributed by atoms with Crippen LogP contribution in [0.15, 0.2) is 42.6 Å². The van der Waals surface area contributed by atoms with E-state index in [2.05, 4.69) is 15.5 Å². The summed E-state index contributed by atoms with van der Waals surface area (Å²) in [5, 5.41) is 9.48. The average Bonchev–Trinajstić information content (AvgIpc) is 3.12. The number of ether oxygens (including phenoxy) is 1. The quantitative estimate of drug-likeness (QED) is 0.895. The Kier molecular flexibility index (Phi) is 3.67. The number of para-hydroxylation sites is 1. The number of rotatable bonds is 4. The first kappa shape index (κ1) is 12.7. The van der Waals surface area contributed by atoms with Gasteiger partial charge in [-0.05, 0) is 37.5 Å². The summed E-state index contributed by atoms with van der Waals surface area (Å²) in [4.78, 5) is 12.0. The van der Waals surface area contributed by atoms with Crippen molar-refractivity contribution in [1.29, 1.82) is 0 Å². The molecule has 1 aliphatic rings. The molecule has 1 aromatic heterocycles. The average molecular weight is 271 g/mol. The van der Waals surface area contributed by atoms with Crippen LogP contribution in [0.3, 0.4) is 0 Å². The molecule has 5 nitrogen and oxygen atoms in total. The number of hydrogen-bond donors (Lipinski definition) is 2. The van der Waals surface area contributed by atoms with Crippen LogP contribution in [0.25, 0.3) is 0 Å². The summed E-state index contributed by atoms with van der Waals surface area (Å²) in [7, 11) is 0. The zero-order valence-corrected chi connectivity index (χ0v) is 11.1. The molecule has 1 aromatic carbocycles. The molecule has 0 unspecified atom stereocenters. The molecule has 20 heavy (non-hydrogen) atoms. The third kappa shape index (κ3) is 2.82. The Morgan fingerprint density at radius 1 is 1.25 bits per heavy atom. The Morgan fingerprint density at radius 3 is 2.85 bits per heavy atom. The lowest BCUT2D eigenvalue weighted by molar-refractivity contribution is 0.0889. The lowest BCUT2D eigenvalue weighted by atomic mass is 10.2. The van der Waals surface area contributed by atoms with Crippen molar-refractivity contribution in [3.8, 4) is 5.75 Å². The topological polar surface area (TPSA) is 67.0 Å². The number of aromatic amines is 1. The largest absolute Gasteiger partial charge is 0.488 e. The summed E-state index contributed by atoms with van der Waals surface area (Å²) in [6.45, 7) is 0. The minimum atomic E-state index is -0.129. The second-order valence-electron chi connectivity index (χ2n) is 4.95. The maximum Gasteiger partial charge on any atom is 0.269 e. The van der Waals surface area contributed by atoms with E-state index < -0.39 is 0 Å². The zero-order chi connectivity index (χ0) is 13.8. The Hall–Kier alpha value is -2.30. The fourth-order valence-electron chi connectivity index (χ4n) is 2.53. The molecule has 1 aliphatic carbocycles. The Labute approximate surface area is 117 Å². The first-order valence-electron chi connectivity index (χ1n) is 6.85. The van der Waals surface area contributed by atoms with Crippen molar-refractivity contribution in [2.45, 2.75) is 31.4 Å². The normalized spacial score (nSPS) is 21.6. The van der Waals surface area contributed by atoms with E-state index in [-0.39, 0.29) is 18.1 Å². The highest BCUT2D eigenvalue weighted by Crippen LogP contribution is 2.24. The second kappa shape index (κ2) is 5.77. The molecule has 1 amide bonds. The van der Waals surface area contributed by atoms with Crippen molar-refractivity contribution in [2.24, 2.45) is 0 Å². The van der Waals surface area contributed by atoms with E-state index in [4.69, 9.17) is 4.74 Å². The number of aromatic nitrogens is 2. The summed E-state index contributed by atoms with van der Waals surface area (Å²) in [5.41, 5.74) is 0.482. The van der Waals surface area contributed by atoms with Gasteiger partial charge >= 0.3 is 0 Å². The first-order chi connectivity index (χ1) is 9.83. The standard InChI is InChI=1S/C15H17N3O2/c19-15(13-9-10-16-18-13)17-12-7-4-8-14(12)20-11-5-2-1-3-6-11/h1-3,5-6,9-10,12,14H,4,7-8H2,(H,16,18)(H,17,19)/t12-,14-/m0/s1. The lowest BCUT2D eigenvalue weighted by Crippen LogP contribution is -2.42. The molecule has 2 aromatic rings. The second-order valence-corrected chi connectivity index (χ2v) is 4.95. The molecule has 0 bridgehead atoms. The number of carbonyl (C=O) groups is 1. The van der Waals surface area contributed by atoms with Gasteiger partial charge in [0.2, 0.25) is 0 Å². The molecule has 0 aliphatic heterocycles. The van der Waals surface area contributed by atoms with Gasteiger partial charge in [-0.3, -0.25) is 9.89 Å². The smallest absolute Gasteiger partial charge is 0.269 e. The predicted molar refractivity (Wildman–Crippen MR) is 74.6 cm³/mol. The van der Waals surface area contributed by atoms with Gasteiger partial charge in [-0.15, -0.1) is 0 Å². The predicted octanol–water partition coefficient (Wildman–Crippen LogP) is 2.14. The third-order valence-electron chi connectivity index (χ3n) is 3.55. The van der Waals surface area contributed by atoms with E-state index in [1.54, 1.807) is 12.3 Å². The van der Waals surface area contributed by atoms with Crippen LogP contribution >= 0.6 is 0 Å². The number of benzene rings is 1. The van der Waals surface area contributed by atoms with Crippen LogP contribution in [0, 0.1) is 0 Å². The summed E-state index contributed by atoms with van der Waals surface area (Å²) in [6.07, 6.45) is 4.57. The highest BCUT2D eigenvalue weighted by atomic mass is 16.5. The molecule has 0 spiro atoms. The maximum atomic E-state index is 12.0. The van der Waals surface area contributed by atoms with Crippen molar-refractivity contribution in [1.82, 2.24) is 15.5 Å². The number of H-pyrrole nitrogens is 1. The number of hydrogen-bond acceptors (Lipinski definition) is 3. The van der Waals surface area contributed by atoms with Crippen LogP contribution in [0.4, 0.5) is 0 Å². The van der Waals surface area contributed by atoms with Crippen molar-refractivity contribution in [2.75, 3.05) is 0 Å². The molecule has 5 heteroatoms. The highest BCUT2D eigenvalue weighted by molar-refractivity contribution is 5.92. The Morgan fingerprint density at radius 2 is 2.10 bits per heavy atom. The molecular formula is C15H17N3O2. The summed E-state index contributed by atoms with van der Waals surface area (Å²) in [5.74, 6) is 0.719. The van der Waals surface area contributed by atoms with E-state index >= 15 is 0 Å². The van der Waals surface area contributed by atoms with Gasteiger partial charge in [-0.1, -0.05) is 18.2 Å². The van der Waals surface area contributed by atoms with Crippen LogP contribution in [0.5, 0.6) is 5.75 Å². The fourth-order valence-corrected chi connectivity index (χ4v) is 2.53. The molecule has 2 atom stereocenters. The summed E-state index contributed by atoms with van der Waals surface area (Å²) < 4.78 is 5.97. The van der Waals surface area contributed by atoms with Gasteiger partial charge in [0.25, 0.3) is 5.91 Å². The molecule has 0 saturated heterocycles. The first-order valence-corrected chi connectivity index (χ1v) is 6.85. The minimum Gasteiger partial charge on any atom is -0.488 e. The van der Waals surface area contributed by atoms with Crippen molar-refractivity contribution in [3.63, 3.8) is 0 Å². The van der Waals surface area contributed by atoms with Gasteiger partial charge in [-0.25, -0.2) is 0 Å². The molecule has 3 rings (SSSR count). The Bertz CT molecular complexity index is 554. The van der Waals surface area contributed by atoms with Gasteiger partial charge in [0.05, 0.1) is 6.04 Å².